The van der Waals surface area contributed by atoms with Crippen LogP contribution in [0.3, 0.4) is 0 Å². The lowest BCUT2D eigenvalue weighted by molar-refractivity contribution is -0.187. The van der Waals surface area contributed by atoms with Gasteiger partial charge in [-0.2, -0.15) is 0 Å². The van der Waals surface area contributed by atoms with E-state index in [4.69, 9.17) is 18.9 Å². The van der Waals surface area contributed by atoms with E-state index in [2.05, 4.69) is 0 Å². The van der Waals surface area contributed by atoms with Gasteiger partial charge in [0.1, 0.15) is 29.9 Å². The zero-order valence-electron chi connectivity index (χ0n) is 16.1. The highest BCUT2D eigenvalue weighted by Crippen LogP contribution is 2.43. The van der Waals surface area contributed by atoms with Gasteiger partial charge in [-0.15, -0.1) is 0 Å². The maximum Gasteiger partial charge on any atom is 0.164 e. The molecule has 0 saturated carbocycles. The highest BCUT2D eigenvalue weighted by molar-refractivity contribution is 7.99. The van der Waals surface area contributed by atoms with Gasteiger partial charge >= 0.3 is 0 Å². The van der Waals surface area contributed by atoms with Crippen LogP contribution in [0.2, 0.25) is 0 Å². The Bertz CT molecular complexity index is 754. The Morgan fingerprint density at radius 2 is 1.61 bits per heavy atom. The van der Waals surface area contributed by atoms with Gasteiger partial charge in [-0.05, 0) is 31.5 Å². The van der Waals surface area contributed by atoms with E-state index in [1.165, 1.54) is 0 Å². The minimum Gasteiger partial charge on any atom is -0.394 e. The van der Waals surface area contributed by atoms with Crippen LogP contribution < -0.4 is 0 Å². The van der Waals surface area contributed by atoms with Gasteiger partial charge in [-0.1, -0.05) is 60.3 Å². The van der Waals surface area contributed by atoms with Crippen molar-refractivity contribution in [1.82, 2.24) is 0 Å². The van der Waals surface area contributed by atoms with Crippen LogP contribution in [0.4, 0.5) is 0 Å². The summed E-state index contributed by atoms with van der Waals surface area (Å²) in [6.07, 6.45) is -1.47. The van der Waals surface area contributed by atoms with E-state index in [0.717, 1.165) is 10.5 Å². The van der Waals surface area contributed by atoms with Crippen LogP contribution in [-0.4, -0.2) is 47.4 Å². The summed E-state index contributed by atoms with van der Waals surface area (Å²) in [5.74, 6) is -0.743. The molecule has 0 aliphatic carbocycles. The number of ether oxygens (including phenoxy) is 4. The zero-order chi connectivity index (χ0) is 19.6. The summed E-state index contributed by atoms with van der Waals surface area (Å²) >= 11 is 1.58. The molecule has 0 unspecified atom stereocenters. The van der Waals surface area contributed by atoms with E-state index >= 15 is 0 Å². The molecule has 2 fully saturated rings. The smallest absolute Gasteiger partial charge is 0.164 e. The van der Waals surface area contributed by atoms with Crippen LogP contribution in [0.15, 0.2) is 65.6 Å². The number of rotatable bonds is 6. The molecule has 0 bridgehead atoms. The summed E-state index contributed by atoms with van der Waals surface area (Å²) in [6, 6.07) is 20.1. The number of hydrogen-bond donors (Lipinski definition) is 1. The van der Waals surface area contributed by atoms with E-state index in [-0.39, 0.29) is 30.4 Å². The number of thioether (sulfide) groups is 1. The first-order valence-electron chi connectivity index (χ1n) is 9.55. The molecule has 28 heavy (non-hydrogen) atoms. The molecule has 5 nitrogen and oxygen atoms in total. The third kappa shape index (κ3) is 4.43. The van der Waals surface area contributed by atoms with Crippen molar-refractivity contribution in [3.63, 3.8) is 0 Å². The monoisotopic (exact) mass is 402 g/mol. The average molecular weight is 403 g/mol. The van der Waals surface area contributed by atoms with Gasteiger partial charge in [-0.25, -0.2) is 0 Å². The predicted octanol–water partition coefficient (Wildman–Crippen LogP) is 3.60. The summed E-state index contributed by atoms with van der Waals surface area (Å²) in [5.41, 5.74) is 0.770. The highest BCUT2D eigenvalue weighted by Gasteiger charge is 2.55. The van der Waals surface area contributed by atoms with Crippen molar-refractivity contribution >= 4 is 11.8 Å². The fraction of sp³-hybridized carbons (Fsp3) is 0.455. The first kappa shape index (κ1) is 19.9. The molecule has 2 aliphatic heterocycles. The second kappa shape index (κ2) is 8.53. The quantitative estimate of drug-likeness (QED) is 0.797. The summed E-state index contributed by atoms with van der Waals surface area (Å²) in [6.45, 7) is 4.09. The number of aliphatic hydroxyl groups is 1. The molecule has 2 aliphatic rings. The molecule has 2 heterocycles. The minimum absolute atomic E-state index is 0.127. The Hall–Kier alpha value is -1.41. The molecule has 0 spiro atoms. The number of benzene rings is 2. The minimum atomic E-state index is -0.743. The van der Waals surface area contributed by atoms with Gasteiger partial charge in [0.05, 0.1) is 13.2 Å². The van der Waals surface area contributed by atoms with Gasteiger partial charge in [0.2, 0.25) is 0 Å². The van der Waals surface area contributed by atoms with E-state index in [1.54, 1.807) is 11.8 Å². The fourth-order valence-corrected chi connectivity index (χ4v) is 4.80. The fourth-order valence-electron chi connectivity index (χ4n) is 3.66. The van der Waals surface area contributed by atoms with Crippen molar-refractivity contribution in [2.45, 2.75) is 61.0 Å². The lowest BCUT2D eigenvalue weighted by atomic mass is 10.00. The summed E-state index contributed by atoms with van der Waals surface area (Å²) < 4.78 is 24.8. The van der Waals surface area contributed by atoms with E-state index in [1.807, 2.05) is 74.5 Å². The number of aliphatic hydroxyl groups excluding tert-OH is 1. The Morgan fingerprint density at radius 1 is 0.964 bits per heavy atom. The van der Waals surface area contributed by atoms with Crippen molar-refractivity contribution in [2.75, 3.05) is 6.61 Å². The van der Waals surface area contributed by atoms with Gasteiger partial charge < -0.3 is 24.1 Å². The molecule has 4 rings (SSSR count). The van der Waals surface area contributed by atoms with Crippen LogP contribution in [0.25, 0.3) is 0 Å². The van der Waals surface area contributed by atoms with Gasteiger partial charge in [0, 0.05) is 4.90 Å². The molecule has 6 heteroatoms. The molecule has 0 aromatic heterocycles. The normalized spacial score (nSPS) is 31.5. The summed E-state index contributed by atoms with van der Waals surface area (Å²) in [5, 5.41) is 9.88. The van der Waals surface area contributed by atoms with E-state index in [0.29, 0.717) is 6.61 Å². The van der Waals surface area contributed by atoms with Crippen molar-refractivity contribution in [1.29, 1.82) is 0 Å². The molecule has 1 N–H and O–H groups in total. The zero-order valence-corrected chi connectivity index (χ0v) is 16.9. The number of fused-ring (bicyclic) bond motifs is 1. The topological polar surface area (TPSA) is 57.2 Å². The Balaban J connectivity index is 1.57. The summed E-state index contributed by atoms with van der Waals surface area (Å²) in [4.78, 5) is 1.08. The van der Waals surface area contributed by atoms with E-state index in [9.17, 15) is 5.11 Å². The maximum absolute atomic E-state index is 9.88. The van der Waals surface area contributed by atoms with Crippen LogP contribution in [0, 0.1) is 0 Å². The molecule has 0 radical (unpaired) electrons. The third-order valence-corrected chi connectivity index (χ3v) is 6.05. The van der Waals surface area contributed by atoms with E-state index < -0.39 is 11.9 Å². The van der Waals surface area contributed by atoms with Crippen molar-refractivity contribution in [3.8, 4) is 0 Å². The average Bonchev–Trinajstić information content (AvgIpc) is 3.03. The molecule has 2 aromatic carbocycles. The van der Waals surface area contributed by atoms with Crippen molar-refractivity contribution in [2.24, 2.45) is 0 Å². The lowest BCUT2D eigenvalue weighted by Crippen LogP contribution is -2.57. The predicted molar refractivity (Wildman–Crippen MR) is 107 cm³/mol. The highest BCUT2D eigenvalue weighted by atomic mass is 32.2. The Kier molecular flexibility index (Phi) is 6.06. The number of hydrogen-bond acceptors (Lipinski definition) is 6. The molecule has 2 aromatic rings. The maximum atomic E-state index is 9.88. The first-order chi connectivity index (χ1) is 13.6. The van der Waals surface area contributed by atoms with Gasteiger partial charge in [0.25, 0.3) is 0 Å². The molecule has 0 amide bonds. The van der Waals surface area contributed by atoms with Crippen molar-refractivity contribution < 1.29 is 24.1 Å². The van der Waals surface area contributed by atoms with Crippen molar-refractivity contribution in [3.05, 3.63) is 66.2 Å². The Labute approximate surface area is 169 Å². The first-order valence-corrected chi connectivity index (χ1v) is 10.4. The van der Waals surface area contributed by atoms with Crippen LogP contribution in [0.5, 0.6) is 0 Å². The lowest BCUT2D eigenvalue weighted by Gasteiger charge is -2.41. The Morgan fingerprint density at radius 3 is 2.29 bits per heavy atom. The van der Waals surface area contributed by atoms with Gasteiger partial charge in [-0.3, -0.25) is 0 Å². The molecular weight excluding hydrogens is 376 g/mol. The van der Waals surface area contributed by atoms with Crippen LogP contribution >= 0.6 is 11.8 Å². The molecule has 150 valence electrons. The van der Waals surface area contributed by atoms with Crippen LogP contribution in [-0.2, 0) is 25.6 Å². The summed E-state index contributed by atoms with van der Waals surface area (Å²) in [7, 11) is 0. The molecular formula is C22H26O5S. The largest absolute Gasteiger partial charge is 0.394 e. The SMILES string of the molecule is CC1(C)O[C@H]2[C@@H](O1)[C@@H](CO)O[C@@H](Sc1ccccc1)[C@@H]2OCc1ccccc1. The third-order valence-electron chi connectivity index (χ3n) is 4.89. The van der Waals surface area contributed by atoms with Crippen LogP contribution in [0.1, 0.15) is 19.4 Å². The second-order valence-corrected chi connectivity index (χ2v) is 8.65. The standard InChI is InChI=1S/C22H26O5S/c1-22(2)26-18-17(13-23)25-21(28-16-11-7-4-8-12-16)20(19(18)27-22)24-14-15-9-5-3-6-10-15/h3-12,17-21,23H,13-14H2,1-2H3/t17-,18+,19+,20-,21+/m1/s1. The second-order valence-electron chi connectivity index (χ2n) is 7.48. The molecule has 2 saturated heterocycles. The molecule has 5 atom stereocenters. The van der Waals surface area contributed by atoms with Gasteiger partial charge in [0.15, 0.2) is 5.79 Å².